The van der Waals surface area contributed by atoms with Crippen molar-refractivity contribution in [2.24, 2.45) is 5.73 Å². The monoisotopic (exact) mass is 671 g/mol. The SMILES string of the molecule is NC(S/C=C(\NC([O-])c1ccccc1)[P+](c1ccccc1)(c1ccccc1)c1ccccc1)=[N+](c1ccccc1)c1ccccc1.[Cl-]. The van der Waals surface area contributed by atoms with Gasteiger partial charge in [0.1, 0.15) is 27.3 Å². The molecule has 0 aliphatic rings. The molecule has 3 N–H and O–H groups in total. The van der Waals surface area contributed by atoms with Gasteiger partial charge in [0.05, 0.1) is 0 Å². The second-order valence-corrected chi connectivity index (χ2v) is 14.8. The predicted octanol–water partition coefficient (Wildman–Crippen LogP) is 4.01. The van der Waals surface area contributed by atoms with Gasteiger partial charge in [0.25, 0.3) is 0 Å². The molecule has 6 aromatic carbocycles. The molecule has 0 saturated carbocycles. The average molecular weight is 672 g/mol. The second-order valence-electron chi connectivity index (χ2n) is 10.6. The van der Waals surface area contributed by atoms with Crippen LogP contribution in [-0.4, -0.2) is 5.17 Å². The number of nitrogens with zero attached hydrogens (tertiary/aromatic N) is 1. The summed E-state index contributed by atoms with van der Waals surface area (Å²) in [5.41, 5.74) is 10.4. The largest absolute Gasteiger partial charge is 1.00 e. The predicted molar refractivity (Wildman–Crippen MR) is 197 cm³/mol. The number of nitrogens with one attached hydrogen (secondary N) is 1. The zero-order chi connectivity index (χ0) is 31.6. The van der Waals surface area contributed by atoms with E-state index in [2.05, 4.69) is 83.5 Å². The molecule has 0 fully saturated rings. The Kier molecular flexibility index (Phi) is 11.7. The molecule has 1 atom stereocenters. The first-order valence-corrected chi connectivity index (χ1v) is 17.8. The molecule has 7 heteroatoms. The van der Waals surface area contributed by atoms with Crippen LogP contribution < -0.4 is 49.1 Å². The number of thioether (sulfide) groups is 1. The van der Waals surface area contributed by atoms with Crippen molar-refractivity contribution >= 4 is 51.5 Å². The van der Waals surface area contributed by atoms with E-state index in [1.165, 1.54) is 11.8 Å². The van der Waals surface area contributed by atoms with Crippen LogP contribution in [0, 0.1) is 0 Å². The van der Waals surface area contributed by atoms with Gasteiger partial charge in [0, 0.05) is 5.41 Å². The van der Waals surface area contributed by atoms with Crippen LogP contribution in [-0.2, 0) is 0 Å². The second kappa shape index (κ2) is 16.3. The lowest BCUT2D eigenvalue weighted by molar-refractivity contribution is -0.433. The summed E-state index contributed by atoms with van der Waals surface area (Å²) in [7, 11) is -2.63. The Morgan fingerprint density at radius 3 is 1.30 bits per heavy atom. The van der Waals surface area contributed by atoms with Crippen molar-refractivity contribution in [3.63, 3.8) is 0 Å². The topological polar surface area (TPSA) is 64.1 Å². The lowest BCUT2D eigenvalue weighted by atomic mass is 10.2. The molecule has 0 spiro atoms. The summed E-state index contributed by atoms with van der Waals surface area (Å²) in [6.07, 6.45) is -1.20. The van der Waals surface area contributed by atoms with Crippen molar-refractivity contribution in [1.29, 1.82) is 0 Å². The highest BCUT2D eigenvalue weighted by Crippen LogP contribution is 2.62. The number of hydrogen-bond donors (Lipinski definition) is 2. The van der Waals surface area contributed by atoms with Crippen LogP contribution in [0.15, 0.2) is 193 Å². The Balaban J connectivity index is 0.00000433. The number of amidine groups is 1. The van der Waals surface area contributed by atoms with E-state index < -0.39 is 13.5 Å². The summed E-state index contributed by atoms with van der Waals surface area (Å²) in [4.78, 5) is 0. The maximum atomic E-state index is 14.1. The molecule has 0 radical (unpaired) electrons. The van der Waals surface area contributed by atoms with Crippen molar-refractivity contribution in [2.45, 2.75) is 6.23 Å². The summed E-state index contributed by atoms with van der Waals surface area (Å²) in [6.45, 7) is 0. The van der Waals surface area contributed by atoms with Crippen LogP contribution in [0.5, 0.6) is 0 Å². The molecule has 0 bridgehead atoms. The van der Waals surface area contributed by atoms with Crippen LogP contribution in [0.2, 0.25) is 0 Å². The molecule has 0 heterocycles. The van der Waals surface area contributed by atoms with E-state index >= 15 is 0 Å². The Hall–Kier alpha value is -4.64. The van der Waals surface area contributed by atoms with E-state index in [1.807, 2.05) is 114 Å². The van der Waals surface area contributed by atoms with E-state index in [9.17, 15) is 5.11 Å². The summed E-state index contributed by atoms with van der Waals surface area (Å²) in [5.74, 6) is 0. The highest BCUT2D eigenvalue weighted by Gasteiger charge is 2.50. The fourth-order valence-electron chi connectivity index (χ4n) is 5.60. The molecule has 0 amide bonds. The standard InChI is InChI=1S/C40H34N3OPS.ClH/c41-40(43(33-21-9-2-10-22-33)34-23-11-3-12-24-34)46-31-38(42-39(44)32-19-7-1-8-20-32)45(35-25-13-4-14-26-35,36-27-15-5-16-28-36)37-29-17-6-18-30-37;/h1-31,39,41-42H;1H/b38-31+;. The number of rotatable bonds is 10. The first kappa shape index (κ1) is 33.7. The number of nitrogens with two attached hydrogens (primary N) is 1. The molecule has 0 saturated heterocycles. The van der Waals surface area contributed by atoms with E-state index in [4.69, 9.17) is 5.73 Å². The molecular weight excluding hydrogens is 637 g/mol. The first-order chi connectivity index (χ1) is 22.7. The average Bonchev–Trinajstić information content (AvgIpc) is 3.13. The minimum atomic E-state index is -2.63. The van der Waals surface area contributed by atoms with E-state index in [-0.39, 0.29) is 12.4 Å². The number of benzene rings is 6. The molecule has 0 aromatic heterocycles. The van der Waals surface area contributed by atoms with Crippen molar-refractivity contribution in [3.05, 3.63) is 198 Å². The van der Waals surface area contributed by atoms with Gasteiger partial charge in [-0.2, -0.15) is 4.58 Å². The normalized spacial score (nSPS) is 12.0. The van der Waals surface area contributed by atoms with Gasteiger partial charge in [-0.05, 0) is 84.2 Å². The highest BCUT2D eigenvalue weighted by atomic mass is 35.5. The van der Waals surface area contributed by atoms with Gasteiger partial charge in [-0.3, -0.25) is 5.73 Å². The van der Waals surface area contributed by atoms with Gasteiger partial charge in [0.15, 0.2) is 12.7 Å². The number of halogens is 1. The lowest BCUT2D eigenvalue weighted by Gasteiger charge is -2.34. The number of hydrogen-bond acceptors (Lipinski definition) is 3. The highest BCUT2D eigenvalue weighted by molar-refractivity contribution is 8.16. The molecule has 1 unspecified atom stereocenters. The van der Waals surface area contributed by atoms with Gasteiger partial charge in [-0.25, -0.2) is 0 Å². The Morgan fingerprint density at radius 2 is 0.915 bits per heavy atom. The smallest absolute Gasteiger partial charge is 0.318 e. The summed E-state index contributed by atoms with van der Waals surface area (Å²) in [5, 5.41) is 23.6. The summed E-state index contributed by atoms with van der Waals surface area (Å²) < 4.78 is 2.04. The zero-order valence-corrected chi connectivity index (χ0v) is 28.1. The third-order valence-electron chi connectivity index (χ3n) is 7.71. The van der Waals surface area contributed by atoms with E-state index in [0.29, 0.717) is 10.7 Å². The van der Waals surface area contributed by atoms with Crippen molar-refractivity contribution in [3.8, 4) is 0 Å². The van der Waals surface area contributed by atoms with E-state index in [0.717, 1.165) is 32.7 Å². The number of para-hydroxylation sites is 2. The van der Waals surface area contributed by atoms with Crippen molar-refractivity contribution in [2.75, 3.05) is 0 Å². The Labute approximate surface area is 288 Å². The lowest BCUT2D eigenvalue weighted by Crippen LogP contribution is -3.00. The third kappa shape index (κ3) is 7.51. The van der Waals surface area contributed by atoms with Gasteiger partial charge in [0.2, 0.25) is 0 Å². The molecule has 0 aliphatic carbocycles. The van der Waals surface area contributed by atoms with Gasteiger partial charge >= 0.3 is 5.17 Å². The quantitative estimate of drug-likeness (QED) is 0.0760. The van der Waals surface area contributed by atoms with E-state index in [1.54, 1.807) is 0 Å². The van der Waals surface area contributed by atoms with Crippen LogP contribution in [0.1, 0.15) is 11.8 Å². The van der Waals surface area contributed by atoms with Crippen LogP contribution >= 0.6 is 19.0 Å². The molecular formula is C40H35ClN3OPS. The Bertz CT molecular complexity index is 1760. The molecule has 4 nitrogen and oxygen atoms in total. The fourth-order valence-corrected chi connectivity index (χ4v) is 10.9. The summed E-state index contributed by atoms with van der Waals surface area (Å²) in [6, 6.07) is 61.2. The fraction of sp³-hybridized carbons (Fsp3) is 0.0250. The summed E-state index contributed by atoms with van der Waals surface area (Å²) >= 11 is 1.42. The molecule has 6 aromatic rings. The first-order valence-electron chi connectivity index (χ1n) is 15.1. The van der Waals surface area contributed by atoms with Crippen LogP contribution in [0.4, 0.5) is 11.4 Å². The third-order valence-corrected chi connectivity index (χ3v) is 12.9. The van der Waals surface area contributed by atoms with Crippen molar-refractivity contribution in [1.82, 2.24) is 9.89 Å². The van der Waals surface area contributed by atoms with Crippen molar-refractivity contribution < 1.29 is 17.5 Å². The maximum absolute atomic E-state index is 14.1. The van der Waals surface area contributed by atoms with Crippen LogP contribution in [0.3, 0.4) is 0 Å². The minimum Gasteiger partial charge on any atom is -1.00 e. The maximum Gasteiger partial charge on any atom is 0.318 e. The minimum absolute atomic E-state index is 0. The van der Waals surface area contributed by atoms with Crippen LogP contribution in [0.25, 0.3) is 0 Å². The van der Waals surface area contributed by atoms with Gasteiger partial charge < -0.3 is 22.8 Å². The molecule has 47 heavy (non-hydrogen) atoms. The van der Waals surface area contributed by atoms with Gasteiger partial charge in [-0.1, -0.05) is 121 Å². The molecule has 234 valence electrons. The zero-order valence-electron chi connectivity index (χ0n) is 25.6. The molecule has 6 rings (SSSR count). The molecule has 0 aliphatic heterocycles. The van der Waals surface area contributed by atoms with Gasteiger partial charge in [-0.15, -0.1) is 0 Å². The Morgan fingerprint density at radius 1 is 0.574 bits per heavy atom.